The maximum atomic E-state index is 12.9. The van der Waals surface area contributed by atoms with Gasteiger partial charge in [-0.05, 0) is 42.7 Å². The van der Waals surface area contributed by atoms with Gasteiger partial charge in [0.2, 0.25) is 0 Å². The van der Waals surface area contributed by atoms with Crippen LogP contribution in [0.25, 0.3) is 0 Å². The summed E-state index contributed by atoms with van der Waals surface area (Å²) in [6.45, 7) is 1.90. The molecule has 0 N–H and O–H groups in total. The number of hydrogen-bond donors (Lipinski definition) is 0. The molecule has 2 aromatic rings. The first-order chi connectivity index (χ1) is 11.0. The summed E-state index contributed by atoms with van der Waals surface area (Å²) >= 11 is 0. The lowest BCUT2D eigenvalue weighted by atomic mass is 9.93. The lowest BCUT2D eigenvalue weighted by Crippen LogP contribution is -2.12. The van der Waals surface area contributed by atoms with E-state index < -0.39 is 0 Å². The number of Topliss-reactive ketones (excluding diaryl/α,β-unsaturated/α-hetero) is 1. The minimum Gasteiger partial charge on any atom is -0.497 e. The number of aryl methyl sites for hydroxylation is 1. The van der Waals surface area contributed by atoms with Gasteiger partial charge in [-0.25, -0.2) is 4.39 Å². The monoisotopic (exact) mass is 316 g/mol. The summed E-state index contributed by atoms with van der Waals surface area (Å²) in [5.41, 5.74) is 1.60. The Kier molecular flexibility index (Phi) is 5.74. The van der Waals surface area contributed by atoms with Gasteiger partial charge in [-0.3, -0.25) is 4.79 Å². The number of hydrogen-bond acceptors (Lipinski definition) is 3. The number of carbonyl (C=O) groups is 1. The lowest BCUT2D eigenvalue weighted by Gasteiger charge is -2.13. The molecule has 2 rings (SSSR count). The van der Waals surface area contributed by atoms with E-state index in [1.54, 1.807) is 44.6 Å². The number of halogens is 1. The molecular formula is C19H21FO3. The molecule has 0 saturated carbocycles. The summed E-state index contributed by atoms with van der Waals surface area (Å²) in [6.07, 6.45) is 1.43. The van der Waals surface area contributed by atoms with Crippen LogP contribution in [0.1, 0.15) is 29.3 Å². The molecule has 0 aromatic heterocycles. The Balaban J connectivity index is 2.05. The van der Waals surface area contributed by atoms with Crippen LogP contribution in [0.3, 0.4) is 0 Å². The third-order valence-corrected chi connectivity index (χ3v) is 3.86. The van der Waals surface area contributed by atoms with Crippen molar-refractivity contribution in [1.82, 2.24) is 0 Å². The molecule has 0 aliphatic rings. The molecule has 0 heterocycles. The summed E-state index contributed by atoms with van der Waals surface area (Å²) < 4.78 is 23.3. The molecule has 1 atom stereocenters. The number of carbonyl (C=O) groups excluding carboxylic acids is 1. The van der Waals surface area contributed by atoms with Gasteiger partial charge in [-0.2, -0.15) is 0 Å². The van der Waals surface area contributed by atoms with Gasteiger partial charge in [0, 0.05) is 17.5 Å². The molecule has 3 nitrogen and oxygen atoms in total. The van der Waals surface area contributed by atoms with Crippen LogP contribution in [0, 0.1) is 11.7 Å². The second-order valence-corrected chi connectivity index (χ2v) is 5.53. The highest BCUT2D eigenvalue weighted by atomic mass is 19.1. The van der Waals surface area contributed by atoms with Crippen molar-refractivity contribution in [2.45, 2.75) is 19.8 Å². The minimum atomic E-state index is -0.249. The molecule has 0 fully saturated rings. The zero-order valence-electron chi connectivity index (χ0n) is 13.6. The molecule has 0 saturated heterocycles. The number of ether oxygens (including phenoxy) is 2. The second-order valence-electron chi connectivity index (χ2n) is 5.53. The third kappa shape index (κ3) is 4.55. The van der Waals surface area contributed by atoms with E-state index >= 15 is 0 Å². The Hall–Kier alpha value is -2.36. The fourth-order valence-corrected chi connectivity index (χ4v) is 2.40. The Morgan fingerprint density at radius 2 is 1.61 bits per heavy atom. The maximum absolute atomic E-state index is 12.9. The number of rotatable bonds is 7. The van der Waals surface area contributed by atoms with Crippen molar-refractivity contribution in [1.29, 1.82) is 0 Å². The topological polar surface area (TPSA) is 35.5 Å². The summed E-state index contributed by atoms with van der Waals surface area (Å²) in [4.78, 5) is 12.6. The van der Waals surface area contributed by atoms with Crippen LogP contribution in [-0.4, -0.2) is 20.0 Å². The second kappa shape index (κ2) is 7.77. The number of ketones is 1. The van der Waals surface area contributed by atoms with Crippen molar-refractivity contribution < 1.29 is 18.7 Å². The van der Waals surface area contributed by atoms with Gasteiger partial charge in [-0.1, -0.05) is 19.1 Å². The van der Waals surface area contributed by atoms with Gasteiger partial charge in [0.25, 0.3) is 0 Å². The van der Waals surface area contributed by atoms with Gasteiger partial charge in [-0.15, -0.1) is 0 Å². The molecule has 0 bridgehead atoms. The predicted molar refractivity (Wildman–Crippen MR) is 87.8 cm³/mol. The van der Waals surface area contributed by atoms with Crippen LogP contribution >= 0.6 is 0 Å². The smallest absolute Gasteiger partial charge is 0.165 e. The zero-order valence-corrected chi connectivity index (χ0v) is 13.6. The van der Waals surface area contributed by atoms with Crippen molar-refractivity contribution >= 4 is 5.78 Å². The van der Waals surface area contributed by atoms with Crippen LogP contribution in [0.5, 0.6) is 11.5 Å². The highest BCUT2D eigenvalue weighted by Crippen LogP contribution is 2.25. The van der Waals surface area contributed by atoms with Crippen molar-refractivity contribution in [3.8, 4) is 11.5 Å². The normalized spacial score (nSPS) is 11.8. The molecular weight excluding hydrogens is 295 g/mol. The molecule has 122 valence electrons. The standard InChI is InChI=1S/C19H21FO3/c1-13(4-5-14-6-8-16(20)9-7-14)19(21)15-10-17(22-2)12-18(11-15)23-3/h6-13H,4-5H2,1-3H3/t13-/m0/s1. The summed E-state index contributed by atoms with van der Waals surface area (Å²) in [5, 5.41) is 0. The average Bonchev–Trinajstić information content (AvgIpc) is 2.59. The largest absolute Gasteiger partial charge is 0.497 e. The van der Waals surface area contributed by atoms with E-state index in [0.717, 1.165) is 12.0 Å². The molecule has 0 spiro atoms. The quantitative estimate of drug-likeness (QED) is 0.715. The average molecular weight is 316 g/mol. The van der Waals surface area contributed by atoms with Crippen molar-refractivity contribution in [2.75, 3.05) is 14.2 Å². The lowest BCUT2D eigenvalue weighted by molar-refractivity contribution is 0.0923. The van der Waals surface area contributed by atoms with Gasteiger partial charge >= 0.3 is 0 Å². The number of methoxy groups -OCH3 is 2. The maximum Gasteiger partial charge on any atom is 0.165 e. The Morgan fingerprint density at radius 1 is 1.04 bits per heavy atom. The Labute approximate surface area is 136 Å². The summed E-state index contributed by atoms with van der Waals surface area (Å²) in [6, 6.07) is 11.6. The summed E-state index contributed by atoms with van der Waals surface area (Å²) in [7, 11) is 3.11. The van der Waals surface area contributed by atoms with E-state index in [1.165, 1.54) is 12.1 Å². The van der Waals surface area contributed by atoms with Gasteiger partial charge in [0.05, 0.1) is 14.2 Å². The van der Waals surface area contributed by atoms with Gasteiger partial charge < -0.3 is 9.47 Å². The van der Waals surface area contributed by atoms with E-state index in [-0.39, 0.29) is 17.5 Å². The van der Waals surface area contributed by atoms with E-state index in [4.69, 9.17) is 9.47 Å². The first-order valence-electron chi connectivity index (χ1n) is 7.55. The van der Waals surface area contributed by atoms with Crippen LogP contribution in [0.2, 0.25) is 0 Å². The van der Waals surface area contributed by atoms with Crippen molar-refractivity contribution in [3.63, 3.8) is 0 Å². The van der Waals surface area contributed by atoms with Gasteiger partial charge in [0.1, 0.15) is 17.3 Å². The van der Waals surface area contributed by atoms with E-state index in [0.29, 0.717) is 23.5 Å². The SMILES string of the molecule is COc1cc(OC)cc(C(=O)[C@@H](C)CCc2ccc(F)cc2)c1. The van der Waals surface area contributed by atoms with E-state index in [2.05, 4.69) is 0 Å². The highest BCUT2D eigenvalue weighted by molar-refractivity contribution is 5.98. The highest BCUT2D eigenvalue weighted by Gasteiger charge is 2.17. The molecule has 0 unspecified atom stereocenters. The molecule has 23 heavy (non-hydrogen) atoms. The van der Waals surface area contributed by atoms with Crippen LogP contribution in [0.15, 0.2) is 42.5 Å². The summed E-state index contributed by atoms with van der Waals surface area (Å²) in [5.74, 6) is 0.847. The molecule has 0 amide bonds. The Bertz CT molecular complexity index is 643. The van der Waals surface area contributed by atoms with E-state index in [1.807, 2.05) is 6.92 Å². The van der Waals surface area contributed by atoms with Crippen LogP contribution in [0.4, 0.5) is 4.39 Å². The zero-order chi connectivity index (χ0) is 16.8. The van der Waals surface area contributed by atoms with Gasteiger partial charge in [0.15, 0.2) is 5.78 Å². The van der Waals surface area contributed by atoms with Crippen LogP contribution in [-0.2, 0) is 6.42 Å². The molecule has 4 heteroatoms. The van der Waals surface area contributed by atoms with E-state index in [9.17, 15) is 9.18 Å². The third-order valence-electron chi connectivity index (χ3n) is 3.86. The fourth-order valence-electron chi connectivity index (χ4n) is 2.40. The molecule has 0 aliphatic carbocycles. The molecule has 2 aromatic carbocycles. The molecule has 0 radical (unpaired) electrons. The minimum absolute atomic E-state index is 0.0457. The fraction of sp³-hybridized carbons (Fsp3) is 0.316. The Morgan fingerprint density at radius 3 is 2.13 bits per heavy atom. The first kappa shape index (κ1) is 17.0. The van der Waals surface area contributed by atoms with Crippen LogP contribution < -0.4 is 9.47 Å². The van der Waals surface area contributed by atoms with Crippen molar-refractivity contribution in [2.24, 2.45) is 5.92 Å². The first-order valence-corrected chi connectivity index (χ1v) is 7.55. The molecule has 0 aliphatic heterocycles. The van der Waals surface area contributed by atoms with Crippen molar-refractivity contribution in [3.05, 3.63) is 59.4 Å². The number of benzene rings is 2. The predicted octanol–water partition coefficient (Wildman–Crippen LogP) is 4.29.